The molecule has 0 heterocycles. The molecule has 0 saturated heterocycles. The van der Waals surface area contributed by atoms with Crippen molar-refractivity contribution in [2.75, 3.05) is 0 Å². The van der Waals surface area contributed by atoms with Crippen LogP contribution in [0.4, 0.5) is 4.20 Å². The Kier molecular flexibility index (Phi) is 13.1. The monoisotopic (exact) mass is 172 g/mol. The van der Waals surface area contributed by atoms with E-state index in [-0.39, 0.29) is 48.1 Å². The molecule has 0 aromatic rings. The van der Waals surface area contributed by atoms with E-state index in [0.717, 1.165) is 0 Å². The second-order valence-corrected chi connectivity index (χ2v) is 1.29. The molecule has 0 aromatic carbocycles. The number of halogens is 1. The van der Waals surface area contributed by atoms with Crippen LogP contribution in [0.3, 0.4) is 0 Å². The van der Waals surface area contributed by atoms with Crippen molar-refractivity contribution in [1.82, 2.24) is 0 Å². The minimum atomic E-state index is -5.64. The van der Waals surface area contributed by atoms with Crippen molar-refractivity contribution in [1.29, 1.82) is 0 Å². The summed E-state index contributed by atoms with van der Waals surface area (Å²) >= 11 is 0. The minimum Gasteiger partial charge on any atom is -0.786 e. The number of rotatable bonds is 0. The van der Waals surface area contributed by atoms with E-state index in [0.29, 0.717) is 0 Å². The van der Waals surface area contributed by atoms with Gasteiger partial charge in [0, 0.05) is 0 Å². The first-order valence-corrected chi connectivity index (χ1v) is 2.15. The largest absolute Gasteiger partial charge is 5.00 e. The van der Waals surface area contributed by atoms with Crippen LogP contribution < -0.4 is 39.3 Å². The van der Waals surface area contributed by atoms with Gasteiger partial charge in [-0.05, 0) is 0 Å². The van der Waals surface area contributed by atoms with Gasteiger partial charge in [-0.3, -0.25) is 0 Å². The summed E-state index contributed by atoms with van der Waals surface area (Å²) in [5, 5.41) is 0. The van der Waals surface area contributed by atoms with Crippen molar-refractivity contribution in [2.24, 2.45) is 0 Å². The van der Waals surface area contributed by atoms with E-state index >= 15 is 0 Å². The summed E-state index contributed by atoms with van der Waals surface area (Å²) in [7, 11) is -5.64. The number of hydrogen-bond acceptors (Lipinski definition) is 3. The van der Waals surface area contributed by atoms with Gasteiger partial charge < -0.3 is 14.4 Å². The second-order valence-electron chi connectivity index (χ2n) is 0.431. The van der Waals surface area contributed by atoms with Crippen LogP contribution in [-0.4, -0.2) is 0 Å². The molecule has 0 saturated carbocycles. The molecule has 7 heteroatoms. The van der Waals surface area contributed by atoms with E-state index in [4.69, 9.17) is 14.4 Å². The van der Waals surface area contributed by atoms with Crippen LogP contribution in [0.1, 0.15) is 0 Å². The minimum absolute atomic E-state index is 0. The zero-order valence-corrected chi connectivity index (χ0v) is 7.79. The molecule has 0 amide bonds. The van der Waals surface area contributed by atoms with E-state index in [1.165, 1.54) is 0 Å². The van der Waals surface area contributed by atoms with Gasteiger partial charge in [0.15, 0.2) is 0 Å². The van der Waals surface area contributed by atoms with Gasteiger partial charge in [-0.15, -0.1) is 0 Å². The molecule has 32 valence electrons. The van der Waals surface area contributed by atoms with Gasteiger partial charge in [-0.2, -0.15) is 0 Å². The molecule has 0 aromatic heterocycles. The van der Waals surface area contributed by atoms with Crippen LogP contribution >= 0.6 is 7.91 Å². The Morgan fingerprint density at radius 2 is 1.43 bits per heavy atom. The van der Waals surface area contributed by atoms with Crippen LogP contribution in [0.5, 0.6) is 0 Å². The van der Waals surface area contributed by atoms with Crippen molar-refractivity contribution in [2.45, 2.75) is 0 Å². The molecule has 0 spiro atoms. The van der Waals surface area contributed by atoms with Crippen molar-refractivity contribution >= 4 is 7.91 Å². The van der Waals surface area contributed by atoms with E-state index in [2.05, 4.69) is 0 Å². The summed E-state index contributed by atoms with van der Waals surface area (Å²) in [6.07, 6.45) is 0. The summed E-state index contributed by atoms with van der Waals surface area (Å²) in [4.78, 5) is 16.9. The molecule has 0 radical (unpaired) electrons. The third-order valence-corrected chi connectivity index (χ3v) is 0. The van der Waals surface area contributed by atoms with Gasteiger partial charge in [-0.25, -0.2) is 4.20 Å². The third kappa shape index (κ3) is 88.8. The first-order chi connectivity index (χ1) is 2.00. The van der Waals surface area contributed by atoms with Gasteiger partial charge >= 0.3 is 48.1 Å². The van der Waals surface area contributed by atoms with E-state index in [1.807, 2.05) is 0 Å². The molecule has 0 N–H and O–H groups in total. The Balaban J connectivity index is -0.0000000800. The van der Waals surface area contributed by atoms with Crippen LogP contribution in [-0.2, 0) is 23.1 Å². The zero-order valence-electron chi connectivity index (χ0n) is 3.50. The van der Waals surface area contributed by atoms with E-state index < -0.39 is 7.91 Å². The van der Waals surface area contributed by atoms with Crippen LogP contribution in [0, 0.1) is 0 Å². The first kappa shape index (κ1) is 15.9. The topological polar surface area (TPSA) is 63.2 Å². The Morgan fingerprint density at radius 3 is 1.43 bits per heavy atom. The number of hydrogen-bond donors (Lipinski definition) is 0. The Labute approximate surface area is 74.1 Å². The maximum atomic E-state index is 10.1. The fourth-order valence-corrected chi connectivity index (χ4v) is 0. The molecule has 7 heavy (non-hydrogen) atoms. The molecule has 0 atom stereocenters. The maximum absolute atomic E-state index is 10.1. The molecule has 0 rings (SSSR count). The van der Waals surface area contributed by atoms with Crippen molar-refractivity contribution in [3.8, 4) is 0 Å². The smallest absolute Gasteiger partial charge is 0.786 e. The van der Waals surface area contributed by atoms with Gasteiger partial charge in [-0.1, -0.05) is 0 Å². The standard InChI is InChI=1S/FH2O3P.Na.V/c1-5(2,3)4;;/h(H2,2,3,4);;/q;+1;+5/p-2. The molecular weight excluding hydrogens is 172 g/mol. The Morgan fingerprint density at radius 1 is 1.43 bits per heavy atom. The molecule has 0 aliphatic heterocycles. The second kappa shape index (κ2) is 5.79. The summed E-state index contributed by atoms with van der Waals surface area (Å²) in [5.74, 6) is 0. The Bertz CT molecular complexity index is 61.1. The van der Waals surface area contributed by atoms with Gasteiger partial charge in [0.2, 0.25) is 0 Å². The average Bonchev–Trinajstić information content (AvgIpc) is 0.722. The average molecular weight is 172 g/mol. The maximum Gasteiger partial charge on any atom is 5.00 e. The van der Waals surface area contributed by atoms with Crippen LogP contribution in [0.25, 0.3) is 0 Å². The third-order valence-electron chi connectivity index (χ3n) is 0. The molecule has 0 fully saturated rings. The Hall–Kier alpha value is 1.66. The van der Waals surface area contributed by atoms with Crippen LogP contribution in [0.15, 0.2) is 0 Å². The summed E-state index contributed by atoms with van der Waals surface area (Å²) < 4.78 is 18.6. The fraction of sp³-hybridized carbons (Fsp3) is 0. The van der Waals surface area contributed by atoms with Crippen molar-refractivity contribution in [3.63, 3.8) is 0 Å². The normalized spacial score (nSPS) is 8.43. The predicted molar refractivity (Wildman–Crippen MR) is 8.71 cm³/mol. The SMILES string of the molecule is O=P([O-])([O-])F.[Na+].[V+5]. The molecule has 0 unspecified atom stereocenters. The summed E-state index contributed by atoms with van der Waals surface area (Å²) in [6, 6.07) is 0. The zero-order chi connectivity index (χ0) is 4.50. The van der Waals surface area contributed by atoms with Crippen molar-refractivity contribution < 1.29 is 66.7 Å². The fourth-order valence-electron chi connectivity index (χ4n) is 0. The summed E-state index contributed by atoms with van der Waals surface area (Å²) in [6.45, 7) is 0. The predicted octanol–water partition coefficient (Wildman–Crippen LogP) is -4.21. The van der Waals surface area contributed by atoms with Gasteiger partial charge in [0.05, 0.1) is 0 Å². The molecular formula is FNaO3PV+4. The molecule has 0 bridgehead atoms. The molecule has 3 nitrogen and oxygen atoms in total. The van der Waals surface area contributed by atoms with E-state index in [1.54, 1.807) is 0 Å². The first-order valence-electron chi connectivity index (χ1n) is 0.717. The van der Waals surface area contributed by atoms with Gasteiger partial charge in [0.25, 0.3) is 0 Å². The van der Waals surface area contributed by atoms with E-state index in [9.17, 15) is 4.20 Å². The van der Waals surface area contributed by atoms with Gasteiger partial charge in [0.1, 0.15) is 7.91 Å². The summed E-state index contributed by atoms with van der Waals surface area (Å²) in [5.41, 5.74) is 0. The molecule has 0 aliphatic carbocycles. The molecule has 0 aliphatic rings. The quantitative estimate of drug-likeness (QED) is 0.275. The van der Waals surface area contributed by atoms with Crippen LogP contribution in [0.2, 0.25) is 0 Å². The van der Waals surface area contributed by atoms with Crippen molar-refractivity contribution in [3.05, 3.63) is 0 Å².